The number of oxime groups is 1. The number of benzene rings is 1. The number of rotatable bonds is 2. The fraction of sp³-hybridized carbons (Fsp3) is 0.417. The van der Waals surface area contributed by atoms with E-state index in [0.717, 1.165) is 42.7 Å². The smallest absolute Gasteiger partial charge is 0.0596 e. The highest BCUT2D eigenvalue weighted by Crippen LogP contribution is 2.14. The largest absolute Gasteiger partial charge is 0.411 e. The number of nitrogens with zero attached hydrogens (tertiary/aromatic N) is 2. The van der Waals surface area contributed by atoms with Gasteiger partial charge in [-0.1, -0.05) is 33.2 Å². The summed E-state index contributed by atoms with van der Waals surface area (Å²) in [6.07, 6.45) is 1.76. The van der Waals surface area contributed by atoms with Crippen molar-refractivity contribution in [3.8, 4) is 0 Å². The van der Waals surface area contributed by atoms with Gasteiger partial charge in [0.25, 0.3) is 0 Å². The Hall–Kier alpha value is -0.870. The Morgan fingerprint density at radius 3 is 2.38 bits per heavy atom. The third-order valence-corrected chi connectivity index (χ3v) is 3.42. The molecule has 1 N–H and O–H groups in total. The summed E-state index contributed by atoms with van der Waals surface area (Å²) in [5, 5.41) is 11.9. The summed E-state index contributed by atoms with van der Waals surface area (Å²) in [6, 6.07) is 8.42. The summed E-state index contributed by atoms with van der Waals surface area (Å²) >= 11 is 3.43. The molecule has 0 aromatic heterocycles. The van der Waals surface area contributed by atoms with Crippen molar-refractivity contribution in [2.45, 2.75) is 19.4 Å². The molecule has 1 aliphatic rings. The molecule has 1 heterocycles. The summed E-state index contributed by atoms with van der Waals surface area (Å²) in [7, 11) is 0. The molecule has 1 aromatic rings. The highest BCUT2D eigenvalue weighted by atomic mass is 79.9. The van der Waals surface area contributed by atoms with E-state index in [1.54, 1.807) is 0 Å². The van der Waals surface area contributed by atoms with Crippen LogP contribution in [0.3, 0.4) is 0 Å². The van der Waals surface area contributed by atoms with Gasteiger partial charge in [-0.25, -0.2) is 0 Å². The van der Waals surface area contributed by atoms with Gasteiger partial charge in [0.1, 0.15) is 0 Å². The Bertz CT molecular complexity index is 365. The van der Waals surface area contributed by atoms with E-state index < -0.39 is 0 Å². The van der Waals surface area contributed by atoms with Crippen molar-refractivity contribution in [2.24, 2.45) is 5.16 Å². The van der Waals surface area contributed by atoms with E-state index in [1.165, 1.54) is 5.56 Å². The number of hydrogen-bond acceptors (Lipinski definition) is 3. The van der Waals surface area contributed by atoms with Crippen LogP contribution in [0.5, 0.6) is 0 Å². The molecular formula is C12H15BrN2O. The van der Waals surface area contributed by atoms with Gasteiger partial charge in [-0.3, -0.25) is 4.90 Å². The molecule has 16 heavy (non-hydrogen) atoms. The van der Waals surface area contributed by atoms with E-state index in [-0.39, 0.29) is 0 Å². The number of hydrogen-bond donors (Lipinski definition) is 1. The second-order valence-electron chi connectivity index (χ2n) is 4.07. The number of likely N-dealkylation sites (tertiary alicyclic amines) is 1. The third kappa shape index (κ3) is 3.06. The number of piperidine rings is 1. The van der Waals surface area contributed by atoms with Crippen LogP contribution >= 0.6 is 15.9 Å². The van der Waals surface area contributed by atoms with Crippen molar-refractivity contribution < 1.29 is 5.21 Å². The first kappa shape index (κ1) is 11.6. The molecular weight excluding hydrogens is 268 g/mol. The molecule has 4 heteroatoms. The molecule has 0 unspecified atom stereocenters. The van der Waals surface area contributed by atoms with E-state index in [4.69, 9.17) is 5.21 Å². The average Bonchev–Trinajstić information content (AvgIpc) is 2.33. The van der Waals surface area contributed by atoms with Crippen LogP contribution in [0.25, 0.3) is 0 Å². The second kappa shape index (κ2) is 5.46. The van der Waals surface area contributed by atoms with Crippen molar-refractivity contribution in [1.29, 1.82) is 0 Å². The molecule has 1 aromatic carbocycles. The normalized spacial score (nSPS) is 17.4. The van der Waals surface area contributed by atoms with Crippen LogP contribution < -0.4 is 0 Å². The Balaban J connectivity index is 1.89. The lowest BCUT2D eigenvalue weighted by Crippen LogP contribution is -2.33. The van der Waals surface area contributed by atoms with E-state index in [0.29, 0.717) is 0 Å². The van der Waals surface area contributed by atoms with Crippen molar-refractivity contribution in [3.63, 3.8) is 0 Å². The molecule has 0 radical (unpaired) electrons. The van der Waals surface area contributed by atoms with E-state index in [9.17, 15) is 0 Å². The van der Waals surface area contributed by atoms with Crippen LogP contribution in [0.2, 0.25) is 0 Å². The zero-order valence-electron chi connectivity index (χ0n) is 9.06. The number of halogens is 1. The lowest BCUT2D eigenvalue weighted by molar-refractivity contribution is 0.256. The SMILES string of the molecule is ON=C1CCN(Cc2ccc(Br)cc2)CC1. The van der Waals surface area contributed by atoms with Gasteiger partial charge in [-0.2, -0.15) is 0 Å². The Labute approximate surface area is 104 Å². The summed E-state index contributed by atoms with van der Waals surface area (Å²) < 4.78 is 1.12. The Morgan fingerprint density at radius 2 is 1.81 bits per heavy atom. The van der Waals surface area contributed by atoms with Gasteiger partial charge in [0, 0.05) is 36.9 Å². The zero-order valence-corrected chi connectivity index (χ0v) is 10.7. The minimum Gasteiger partial charge on any atom is -0.411 e. The summed E-state index contributed by atoms with van der Waals surface area (Å²) in [6.45, 7) is 2.94. The lowest BCUT2D eigenvalue weighted by atomic mass is 10.1. The molecule has 0 spiro atoms. The van der Waals surface area contributed by atoms with Crippen LogP contribution in [0, 0.1) is 0 Å². The molecule has 0 atom stereocenters. The van der Waals surface area contributed by atoms with E-state index in [1.807, 2.05) is 0 Å². The quantitative estimate of drug-likeness (QED) is 0.669. The molecule has 1 aliphatic heterocycles. The summed E-state index contributed by atoms with van der Waals surface area (Å²) in [4.78, 5) is 2.39. The maximum Gasteiger partial charge on any atom is 0.0596 e. The minimum absolute atomic E-state index is 0.882. The van der Waals surface area contributed by atoms with Gasteiger partial charge >= 0.3 is 0 Å². The zero-order chi connectivity index (χ0) is 11.4. The Kier molecular flexibility index (Phi) is 3.96. The predicted octanol–water partition coefficient (Wildman–Crippen LogP) is 2.88. The van der Waals surface area contributed by atoms with Crippen LogP contribution in [0.1, 0.15) is 18.4 Å². The molecule has 1 saturated heterocycles. The van der Waals surface area contributed by atoms with Gasteiger partial charge in [-0.05, 0) is 17.7 Å². The topological polar surface area (TPSA) is 35.8 Å². The van der Waals surface area contributed by atoms with E-state index >= 15 is 0 Å². The van der Waals surface area contributed by atoms with Crippen molar-refractivity contribution in [2.75, 3.05) is 13.1 Å². The van der Waals surface area contributed by atoms with Gasteiger partial charge in [0.15, 0.2) is 0 Å². The average molecular weight is 283 g/mol. The molecule has 2 rings (SSSR count). The first-order valence-electron chi connectivity index (χ1n) is 5.44. The molecule has 0 saturated carbocycles. The fourth-order valence-electron chi connectivity index (χ4n) is 1.92. The standard InChI is InChI=1S/C12H15BrN2O/c13-11-3-1-10(2-4-11)9-15-7-5-12(14-16)6-8-15/h1-4,16H,5-9H2. The maximum atomic E-state index is 8.66. The molecule has 0 amide bonds. The first-order valence-corrected chi connectivity index (χ1v) is 6.24. The molecule has 3 nitrogen and oxygen atoms in total. The third-order valence-electron chi connectivity index (χ3n) is 2.89. The van der Waals surface area contributed by atoms with Crippen LogP contribution in [-0.2, 0) is 6.54 Å². The molecule has 0 aliphatic carbocycles. The highest BCUT2D eigenvalue weighted by Gasteiger charge is 2.15. The van der Waals surface area contributed by atoms with Gasteiger partial charge < -0.3 is 5.21 Å². The van der Waals surface area contributed by atoms with Gasteiger partial charge in [-0.15, -0.1) is 0 Å². The summed E-state index contributed by atoms with van der Waals surface area (Å²) in [5.74, 6) is 0. The van der Waals surface area contributed by atoms with E-state index in [2.05, 4.69) is 50.3 Å². The minimum atomic E-state index is 0.882. The predicted molar refractivity (Wildman–Crippen MR) is 67.9 cm³/mol. The Morgan fingerprint density at radius 1 is 1.19 bits per heavy atom. The molecule has 1 fully saturated rings. The van der Waals surface area contributed by atoms with Crippen molar-refractivity contribution in [3.05, 3.63) is 34.3 Å². The first-order chi connectivity index (χ1) is 7.78. The highest BCUT2D eigenvalue weighted by molar-refractivity contribution is 9.10. The summed E-state index contributed by atoms with van der Waals surface area (Å²) in [5.41, 5.74) is 2.25. The molecule has 0 bridgehead atoms. The monoisotopic (exact) mass is 282 g/mol. The maximum absolute atomic E-state index is 8.66. The lowest BCUT2D eigenvalue weighted by Gasteiger charge is -2.26. The van der Waals surface area contributed by atoms with Crippen LogP contribution in [0.4, 0.5) is 0 Å². The fourth-order valence-corrected chi connectivity index (χ4v) is 2.18. The van der Waals surface area contributed by atoms with Crippen molar-refractivity contribution >= 4 is 21.6 Å². The van der Waals surface area contributed by atoms with Crippen molar-refractivity contribution in [1.82, 2.24) is 4.90 Å². The molecule has 86 valence electrons. The van der Waals surface area contributed by atoms with Crippen LogP contribution in [-0.4, -0.2) is 28.9 Å². The second-order valence-corrected chi connectivity index (χ2v) is 4.98. The van der Waals surface area contributed by atoms with Crippen LogP contribution in [0.15, 0.2) is 33.9 Å². The van der Waals surface area contributed by atoms with Gasteiger partial charge in [0.05, 0.1) is 5.71 Å². The van der Waals surface area contributed by atoms with Gasteiger partial charge in [0.2, 0.25) is 0 Å².